The molecule has 26 heavy (non-hydrogen) atoms. The zero-order chi connectivity index (χ0) is 18.8. The lowest BCUT2D eigenvalue weighted by atomic mass is 10.2. The summed E-state index contributed by atoms with van der Waals surface area (Å²) in [5, 5.41) is 4.15. The second kappa shape index (κ2) is 10.7. The van der Waals surface area contributed by atoms with Crippen LogP contribution in [0.5, 0.6) is 5.75 Å². The van der Waals surface area contributed by atoms with E-state index in [1.807, 2.05) is 24.4 Å². The summed E-state index contributed by atoms with van der Waals surface area (Å²) in [7, 11) is 5.84. The van der Waals surface area contributed by atoms with Crippen molar-refractivity contribution in [1.82, 2.24) is 20.1 Å². The van der Waals surface area contributed by atoms with E-state index in [2.05, 4.69) is 52.4 Å². The highest BCUT2D eigenvalue weighted by molar-refractivity contribution is 7.80. The minimum Gasteiger partial charge on any atom is -0.497 e. The molecule has 0 aliphatic rings. The molecule has 2 rings (SSSR count). The molecule has 6 heteroatoms. The van der Waals surface area contributed by atoms with E-state index in [4.69, 9.17) is 17.0 Å². The van der Waals surface area contributed by atoms with Gasteiger partial charge >= 0.3 is 0 Å². The average molecular weight is 373 g/mol. The second-order valence-electron chi connectivity index (χ2n) is 6.45. The number of ether oxygens (including phenoxy) is 1. The summed E-state index contributed by atoms with van der Waals surface area (Å²) in [6, 6.07) is 12.1. The molecule has 5 nitrogen and oxygen atoms in total. The SMILES string of the molecule is COc1ccc(CN(Cc2cccnc2)C(=S)NCCCN(C)C)cc1. The van der Waals surface area contributed by atoms with E-state index in [0.29, 0.717) is 0 Å². The first kappa shape index (κ1) is 20.1. The highest BCUT2D eigenvalue weighted by Crippen LogP contribution is 2.15. The molecule has 140 valence electrons. The molecule has 0 amide bonds. The summed E-state index contributed by atoms with van der Waals surface area (Å²) >= 11 is 5.66. The fourth-order valence-electron chi connectivity index (χ4n) is 2.57. The van der Waals surface area contributed by atoms with Crippen molar-refractivity contribution < 1.29 is 4.74 Å². The third kappa shape index (κ3) is 6.98. The molecule has 1 N–H and O–H groups in total. The molecule has 1 aromatic heterocycles. The summed E-state index contributed by atoms with van der Waals surface area (Å²) in [5.74, 6) is 0.858. The Balaban J connectivity index is 2.01. The van der Waals surface area contributed by atoms with E-state index in [0.717, 1.165) is 49.0 Å². The van der Waals surface area contributed by atoms with E-state index < -0.39 is 0 Å². The largest absolute Gasteiger partial charge is 0.497 e. The Hall–Kier alpha value is -2.18. The van der Waals surface area contributed by atoms with E-state index >= 15 is 0 Å². The Morgan fingerprint density at radius 3 is 2.46 bits per heavy atom. The first-order valence-electron chi connectivity index (χ1n) is 8.78. The van der Waals surface area contributed by atoms with Crippen LogP contribution in [-0.2, 0) is 13.1 Å². The van der Waals surface area contributed by atoms with Gasteiger partial charge < -0.3 is 19.9 Å². The molecule has 0 spiro atoms. The van der Waals surface area contributed by atoms with Crippen molar-refractivity contribution in [3.05, 3.63) is 59.9 Å². The standard InChI is InChI=1S/C20H28N4OS/c1-23(2)13-5-12-22-20(26)24(16-18-6-4-11-21-14-18)15-17-7-9-19(25-3)10-8-17/h4,6-11,14H,5,12-13,15-16H2,1-3H3,(H,22,26). The molecular formula is C20H28N4OS. The fourth-order valence-corrected chi connectivity index (χ4v) is 2.80. The van der Waals surface area contributed by atoms with Crippen LogP contribution in [0.1, 0.15) is 17.5 Å². The van der Waals surface area contributed by atoms with Gasteiger partial charge in [-0.3, -0.25) is 4.98 Å². The maximum Gasteiger partial charge on any atom is 0.169 e. The topological polar surface area (TPSA) is 40.6 Å². The van der Waals surface area contributed by atoms with Gasteiger partial charge in [0.05, 0.1) is 7.11 Å². The number of rotatable bonds is 9. The minimum atomic E-state index is 0.722. The number of nitrogens with zero attached hydrogens (tertiary/aromatic N) is 3. The molecule has 0 fully saturated rings. The van der Waals surface area contributed by atoms with Gasteiger partial charge in [0.25, 0.3) is 0 Å². The number of pyridine rings is 1. The first-order chi connectivity index (χ1) is 12.6. The van der Waals surface area contributed by atoms with Crippen LogP contribution < -0.4 is 10.1 Å². The van der Waals surface area contributed by atoms with Crippen LogP contribution in [0.25, 0.3) is 0 Å². The van der Waals surface area contributed by atoms with Gasteiger partial charge in [0.2, 0.25) is 0 Å². The maximum absolute atomic E-state index is 5.66. The highest BCUT2D eigenvalue weighted by atomic mass is 32.1. The third-order valence-electron chi connectivity index (χ3n) is 3.97. The third-order valence-corrected chi connectivity index (χ3v) is 4.38. The number of methoxy groups -OCH3 is 1. The molecule has 0 saturated carbocycles. The van der Waals surface area contributed by atoms with Crippen molar-refractivity contribution in [1.29, 1.82) is 0 Å². The Kier molecular flexibility index (Phi) is 8.31. The van der Waals surface area contributed by atoms with Crippen LogP contribution in [0, 0.1) is 0 Å². The fraction of sp³-hybridized carbons (Fsp3) is 0.400. The van der Waals surface area contributed by atoms with Gasteiger partial charge in [-0.1, -0.05) is 18.2 Å². The minimum absolute atomic E-state index is 0.722. The van der Waals surface area contributed by atoms with Crippen molar-refractivity contribution in [2.24, 2.45) is 0 Å². The van der Waals surface area contributed by atoms with Crippen LogP contribution in [-0.4, -0.2) is 54.2 Å². The van der Waals surface area contributed by atoms with Gasteiger partial charge in [0.15, 0.2) is 5.11 Å². The molecule has 0 aliphatic heterocycles. The summed E-state index contributed by atoms with van der Waals surface area (Å²) in [6.45, 7) is 3.36. The molecule has 0 unspecified atom stereocenters. The Morgan fingerprint density at radius 2 is 1.85 bits per heavy atom. The number of aromatic nitrogens is 1. The molecule has 0 aliphatic carbocycles. The molecular weight excluding hydrogens is 344 g/mol. The Labute approximate surface area is 162 Å². The number of hydrogen-bond acceptors (Lipinski definition) is 4. The van der Waals surface area contributed by atoms with Crippen molar-refractivity contribution in [3.63, 3.8) is 0 Å². The van der Waals surface area contributed by atoms with Gasteiger partial charge in [-0.2, -0.15) is 0 Å². The molecule has 0 radical (unpaired) electrons. The van der Waals surface area contributed by atoms with Crippen LogP contribution in [0.3, 0.4) is 0 Å². The lowest BCUT2D eigenvalue weighted by Crippen LogP contribution is -2.39. The monoisotopic (exact) mass is 372 g/mol. The van der Waals surface area contributed by atoms with Crippen molar-refractivity contribution >= 4 is 17.3 Å². The predicted molar refractivity (Wildman–Crippen MR) is 110 cm³/mol. The smallest absolute Gasteiger partial charge is 0.169 e. The van der Waals surface area contributed by atoms with Gasteiger partial charge in [-0.15, -0.1) is 0 Å². The van der Waals surface area contributed by atoms with Gasteiger partial charge in [-0.05, 0) is 68.6 Å². The van der Waals surface area contributed by atoms with Gasteiger partial charge in [0, 0.05) is 32.0 Å². The predicted octanol–water partition coefficient (Wildman–Crippen LogP) is 2.92. The number of thiocarbonyl (C=S) groups is 1. The van der Waals surface area contributed by atoms with E-state index in [-0.39, 0.29) is 0 Å². The lowest BCUT2D eigenvalue weighted by Gasteiger charge is -2.26. The first-order valence-corrected chi connectivity index (χ1v) is 9.18. The number of nitrogens with one attached hydrogen (secondary N) is 1. The molecule has 0 atom stereocenters. The summed E-state index contributed by atoms with van der Waals surface area (Å²) in [6.07, 6.45) is 4.72. The molecule has 0 saturated heterocycles. The quantitative estimate of drug-likeness (QED) is 0.539. The van der Waals surface area contributed by atoms with Crippen LogP contribution in [0.15, 0.2) is 48.8 Å². The molecule has 1 aromatic carbocycles. The van der Waals surface area contributed by atoms with Crippen molar-refractivity contribution in [2.75, 3.05) is 34.3 Å². The molecule has 2 aromatic rings. The van der Waals surface area contributed by atoms with Crippen molar-refractivity contribution in [3.8, 4) is 5.75 Å². The van der Waals surface area contributed by atoms with Gasteiger partial charge in [0.1, 0.15) is 5.75 Å². The highest BCUT2D eigenvalue weighted by Gasteiger charge is 2.11. The Bertz CT molecular complexity index is 661. The number of hydrogen-bond donors (Lipinski definition) is 1. The number of benzene rings is 1. The summed E-state index contributed by atoms with van der Waals surface area (Å²) in [5.41, 5.74) is 2.32. The molecule has 1 heterocycles. The van der Waals surface area contributed by atoms with Crippen LogP contribution in [0.4, 0.5) is 0 Å². The summed E-state index contributed by atoms with van der Waals surface area (Å²) < 4.78 is 5.24. The van der Waals surface area contributed by atoms with Crippen LogP contribution >= 0.6 is 12.2 Å². The molecule has 0 bridgehead atoms. The van der Waals surface area contributed by atoms with E-state index in [1.54, 1.807) is 13.3 Å². The lowest BCUT2D eigenvalue weighted by molar-refractivity contribution is 0.383. The Morgan fingerprint density at radius 1 is 1.12 bits per heavy atom. The van der Waals surface area contributed by atoms with E-state index in [9.17, 15) is 0 Å². The van der Waals surface area contributed by atoms with Gasteiger partial charge in [-0.25, -0.2) is 0 Å². The van der Waals surface area contributed by atoms with E-state index in [1.165, 1.54) is 5.56 Å². The van der Waals surface area contributed by atoms with Crippen molar-refractivity contribution in [2.45, 2.75) is 19.5 Å². The maximum atomic E-state index is 5.66. The van der Waals surface area contributed by atoms with Crippen LogP contribution in [0.2, 0.25) is 0 Å². The summed E-state index contributed by atoms with van der Waals surface area (Å²) in [4.78, 5) is 8.56. The average Bonchev–Trinajstić information content (AvgIpc) is 2.66. The normalized spacial score (nSPS) is 10.6. The zero-order valence-corrected chi connectivity index (χ0v) is 16.6. The second-order valence-corrected chi connectivity index (χ2v) is 6.84. The zero-order valence-electron chi connectivity index (χ0n) is 15.8.